The van der Waals surface area contributed by atoms with E-state index in [1.165, 1.54) is 38.5 Å². The van der Waals surface area contributed by atoms with Crippen LogP contribution in [-0.4, -0.2) is 31.4 Å². The average molecular weight is 198 g/mol. The highest BCUT2D eigenvalue weighted by atomic mass is 15.1. The number of amidine groups is 1. The van der Waals surface area contributed by atoms with E-state index in [0.29, 0.717) is 0 Å². The number of aliphatic imine (C=N–C) groups is 1. The first-order valence-corrected chi connectivity index (χ1v) is 5.86. The lowest BCUT2D eigenvalue weighted by atomic mass is 10.1. The molecule has 0 aliphatic carbocycles. The van der Waals surface area contributed by atoms with Gasteiger partial charge in [0.05, 0.1) is 5.84 Å². The number of hydrogen-bond acceptors (Lipinski definition) is 1. The zero-order valence-electron chi connectivity index (χ0n) is 10.3. The van der Waals surface area contributed by atoms with Gasteiger partial charge in [-0.15, -0.1) is 0 Å². The molecular formula is C12H26N2. The first-order chi connectivity index (χ1) is 6.68. The van der Waals surface area contributed by atoms with E-state index in [-0.39, 0.29) is 0 Å². The van der Waals surface area contributed by atoms with Crippen molar-refractivity contribution >= 4 is 5.84 Å². The third kappa shape index (κ3) is 8.09. The lowest BCUT2D eigenvalue weighted by Gasteiger charge is -2.10. The average Bonchev–Trinajstić information content (AvgIpc) is 2.16. The molecule has 0 saturated heterocycles. The predicted octanol–water partition coefficient (Wildman–Crippen LogP) is 3.33. The molecule has 0 atom stereocenters. The Labute approximate surface area is 89.4 Å². The van der Waals surface area contributed by atoms with Gasteiger partial charge in [0.1, 0.15) is 0 Å². The van der Waals surface area contributed by atoms with Gasteiger partial charge in [0.25, 0.3) is 0 Å². The van der Waals surface area contributed by atoms with Crippen molar-refractivity contribution in [1.29, 1.82) is 0 Å². The highest BCUT2D eigenvalue weighted by molar-refractivity contribution is 5.79. The van der Waals surface area contributed by atoms with Crippen LogP contribution in [0.5, 0.6) is 0 Å². The fourth-order valence-corrected chi connectivity index (χ4v) is 1.27. The van der Waals surface area contributed by atoms with E-state index in [4.69, 9.17) is 0 Å². The van der Waals surface area contributed by atoms with Crippen LogP contribution in [0.4, 0.5) is 0 Å². The van der Waals surface area contributed by atoms with Gasteiger partial charge in [-0.3, -0.25) is 4.99 Å². The van der Waals surface area contributed by atoms with Crippen LogP contribution in [0.25, 0.3) is 0 Å². The lowest BCUT2D eigenvalue weighted by Crippen LogP contribution is -2.18. The summed E-state index contributed by atoms with van der Waals surface area (Å²) in [6.07, 6.45) is 8.08. The van der Waals surface area contributed by atoms with E-state index < -0.39 is 0 Å². The molecule has 0 aliphatic heterocycles. The summed E-state index contributed by atoms with van der Waals surface area (Å²) in [5.74, 6) is 1.14. The lowest BCUT2D eigenvalue weighted by molar-refractivity contribution is 0.595. The van der Waals surface area contributed by atoms with E-state index in [1.807, 2.05) is 14.1 Å². The van der Waals surface area contributed by atoms with Gasteiger partial charge in [0.2, 0.25) is 0 Å². The van der Waals surface area contributed by atoms with Crippen molar-refractivity contribution < 1.29 is 0 Å². The Balaban J connectivity index is 3.24. The quantitative estimate of drug-likeness (QED) is 0.348. The summed E-state index contributed by atoms with van der Waals surface area (Å²) in [7, 11) is 4.08. The molecule has 0 saturated carbocycles. The molecule has 0 N–H and O–H groups in total. The van der Waals surface area contributed by atoms with Crippen LogP contribution in [0.15, 0.2) is 4.99 Å². The van der Waals surface area contributed by atoms with E-state index in [0.717, 1.165) is 12.4 Å². The maximum absolute atomic E-state index is 4.48. The molecule has 14 heavy (non-hydrogen) atoms. The summed E-state index contributed by atoms with van der Waals surface area (Å²) in [6.45, 7) is 5.32. The van der Waals surface area contributed by atoms with Crippen LogP contribution < -0.4 is 0 Å². The van der Waals surface area contributed by atoms with Crippen molar-refractivity contribution in [2.45, 2.75) is 52.4 Å². The Morgan fingerprint density at radius 2 is 1.57 bits per heavy atom. The molecule has 84 valence electrons. The number of unbranched alkanes of at least 4 members (excludes halogenated alkanes) is 5. The van der Waals surface area contributed by atoms with Gasteiger partial charge >= 0.3 is 0 Å². The van der Waals surface area contributed by atoms with E-state index in [2.05, 4.69) is 23.7 Å². The van der Waals surface area contributed by atoms with Crippen molar-refractivity contribution in [2.24, 2.45) is 4.99 Å². The molecule has 0 fully saturated rings. The second-order valence-electron chi connectivity index (χ2n) is 4.09. The second-order valence-corrected chi connectivity index (χ2v) is 4.09. The zero-order valence-corrected chi connectivity index (χ0v) is 10.3. The summed E-state index contributed by atoms with van der Waals surface area (Å²) in [5, 5.41) is 0. The van der Waals surface area contributed by atoms with Gasteiger partial charge in [0.15, 0.2) is 0 Å². The molecule has 2 heteroatoms. The summed E-state index contributed by atoms with van der Waals surface area (Å²) in [5.41, 5.74) is 0. The Hall–Kier alpha value is -0.530. The van der Waals surface area contributed by atoms with Crippen molar-refractivity contribution in [3.05, 3.63) is 0 Å². The summed E-state index contributed by atoms with van der Waals surface area (Å²) >= 11 is 0. The molecule has 0 rings (SSSR count). The maximum atomic E-state index is 4.48. The number of nitrogens with zero attached hydrogens (tertiary/aromatic N) is 2. The standard InChI is InChI=1S/C12H26N2/c1-5-6-7-8-9-10-11-13-12(2)14(3)4/h5-11H2,1-4H3/b13-12+. The number of hydrogen-bond donors (Lipinski definition) is 0. The molecule has 2 nitrogen and oxygen atoms in total. The monoisotopic (exact) mass is 198 g/mol. The smallest absolute Gasteiger partial charge is 0.0952 e. The molecular weight excluding hydrogens is 172 g/mol. The first kappa shape index (κ1) is 13.5. The van der Waals surface area contributed by atoms with Crippen LogP contribution >= 0.6 is 0 Å². The van der Waals surface area contributed by atoms with Crippen molar-refractivity contribution in [2.75, 3.05) is 20.6 Å². The van der Waals surface area contributed by atoms with Crippen LogP contribution in [0.1, 0.15) is 52.4 Å². The fourth-order valence-electron chi connectivity index (χ4n) is 1.27. The highest BCUT2D eigenvalue weighted by Gasteiger charge is 1.92. The van der Waals surface area contributed by atoms with Crippen molar-refractivity contribution in [1.82, 2.24) is 4.90 Å². The molecule has 0 heterocycles. The topological polar surface area (TPSA) is 15.6 Å². The summed E-state index contributed by atoms with van der Waals surface area (Å²) in [4.78, 5) is 6.55. The first-order valence-electron chi connectivity index (χ1n) is 5.86. The largest absolute Gasteiger partial charge is 0.367 e. The zero-order chi connectivity index (χ0) is 10.8. The maximum Gasteiger partial charge on any atom is 0.0952 e. The number of rotatable bonds is 7. The summed E-state index contributed by atoms with van der Waals surface area (Å²) in [6, 6.07) is 0. The van der Waals surface area contributed by atoms with E-state index in [9.17, 15) is 0 Å². The van der Waals surface area contributed by atoms with Gasteiger partial charge in [-0.2, -0.15) is 0 Å². The summed E-state index contributed by atoms with van der Waals surface area (Å²) < 4.78 is 0. The Bertz CT molecular complexity index is 150. The minimum atomic E-state index is 0.996. The molecule has 0 amide bonds. The molecule has 0 spiro atoms. The van der Waals surface area contributed by atoms with E-state index in [1.54, 1.807) is 0 Å². The third-order valence-electron chi connectivity index (χ3n) is 2.50. The molecule has 0 radical (unpaired) electrons. The second kappa shape index (κ2) is 9.04. The SMILES string of the molecule is CCCCCCCC/N=C(\C)N(C)C. The normalized spacial score (nSPS) is 11.9. The van der Waals surface area contributed by atoms with Gasteiger partial charge in [-0.1, -0.05) is 39.0 Å². The van der Waals surface area contributed by atoms with Gasteiger partial charge in [0, 0.05) is 20.6 Å². The van der Waals surface area contributed by atoms with Gasteiger partial charge < -0.3 is 4.90 Å². The fraction of sp³-hybridized carbons (Fsp3) is 0.917. The van der Waals surface area contributed by atoms with Crippen LogP contribution in [-0.2, 0) is 0 Å². The third-order valence-corrected chi connectivity index (χ3v) is 2.50. The van der Waals surface area contributed by atoms with Crippen molar-refractivity contribution in [3.63, 3.8) is 0 Å². The minimum Gasteiger partial charge on any atom is -0.367 e. The molecule has 0 unspecified atom stereocenters. The Kier molecular flexibility index (Phi) is 8.70. The van der Waals surface area contributed by atoms with Gasteiger partial charge in [-0.25, -0.2) is 0 Å². The Morgan fingerprint density at radius 3 is 2.14 bits per heavy atom. The predicted molar refractivity (Wildman–Crippen MR) is 65.0 cm³/mol. The van der Waals surface area contributed by atoms with Crippen molar-refractivity contribution in [3.8, 4) is 0 Å². The molecule has 0 aromatic carbocycles. The Morgan fingerprint density at radius 1 is 1.00 bits per heavy atom. The highest BCUT2D eigenvalue weighted by Crippen LogP contribution is 2.04. The molecule has 0 aliphatic rings. The van der Waals surface area contributed by atoms with Crippen LogP contribution in [0.3, 0.4) is 0 Å². The van der Waals surface area contributed by atoms with Gasteiger partial charge in [-0.05, 0) is 13.3 Å². The molecule has 0 bridgehead atoms. The van der Waals surface area contributed by atoms with E-state index >= 15 is 0 Å². The molecule has 0 aromatic heterocycles. The van der Waals surface area contributed by atoms with Crippen LogP contribution in [0, 0.1) is 0 Å². The van der Waals surface area contributed by atoms with Crippen LogP contribution in [0.2, 0.25) is 0 Å². The molecule has 0 aromatic rings. The minimum absolute atomic E-state index is 0.996.